The molecule has 1 aromatic heterocycles. The third-order valence-corrected chi connectivity index (χ3v) is 5.85. The van der Waals surface area contributed by atoms with Gasteiger partial charge in [0.05, 0.1) is 18.2 Å². The van der Waals surface area contributed by atoms with Crippen molar-refractivity contribution in [1.29, 1.82) is 0 Å². The van der Waals surface area contributed by atoms with Gasteiger partial charge in [0, 0.05) is 24.9 Å². The Kier molecular flexibility index (Phi) is 5.37. The molecule has 4 aromatic rings. The quantitative estimate of drug-likeness (QED) is 0.515. The second-order valence-electron chi connectivity index (χ2n) is 8.03. The first-order chi connectivity index (χ1) is 15.7. The van der Waals surface area contributed by atoms with Gasteiger partial charge in [-0.25, -0.2) is 9.67 Å². The minimum Gasteiger partial charge on any atom is -0.352 e. The van der Waals surface area contributed by atoms with Crippen molar-refractivity contribution in [2.45, 2.75) is 19.5 Å². The number of rotatable bonds is 6. The van der Waals surface area contributed by atoms with Crippen molar-refractivity contribution in [3.63, 3.8) is 0 Å². The van der Waals surface area contributed by atoms with Gasteiger partial charge >= 0.3 is 0 Å². The molecule has 0 saturated carbocycles. The lowest BCUT2D eigenvalue weighted by Gasteiger charge is -2.19. The van der Waals surface area contributed by atoms with E-state index in [1.165, 1.54) is 6.33 Å². The van der Waals surface area contributed by atoms with Gasteiger partial charge in [0.25, 0.3) is 0 Å². The number of hydrogen-bond acceptors (Lipinski definition) is 4. The van der Waals surface area contributed by atoms with Crippen LogP contribution in [-0.2, 0) is 22.7 Å². The number of carbonyl (C=O) groups is 2. The number of anilines is 1. The Bertz CT molecular complexity index is 1250. The molecule has 1 aliphatic rings. The summed E-state index contributed by atoms with van der Waals surface area (Å²) in [6.45, 7) is 1.48. The zero-order chi connectivity index (χ0) is 21.9. The Morgan fingerprint density at radius 1 is 1.00 bits per heavy atom. The Balaban J connectivity index is 1.21. The molecule has 2 amide bonds. The zero-order valence-corrected chi connectivity index (χ0v) is 17.5. The second-order valence-corrected chi connectivity index (χ2v) is 8.03. The third-order valence-electron chi connectivity index (χ3n) is 5.85. The summed E-state index contributed by atoms with van der Waals surface area (Å²) < 4.78 is 1.76. The lowest BCUT2D eigenvalue weighted by Crippen LogP contribution is -2.32. The summed E-state index contributed by atoms with van der Waals surface area (Å²) in [7, 11) is 0. The van der Waals surface area contributed by atoms with Crippen molar-refractivity contribution in [3.8, 4) is 0 Å². The van der Waals surface area contributed by atoms with E-state index in [0.29, 0.717) is 19.6 Å². The van der Waals surface area contributed by atoms with Crippen LogP contribution >= 0.6 is 0 Å². The number of nitrogens with zero attached hydrogens (tertiary/aromatic N) is 4. The highest BCUT2D eigenvalue weighted by Gasteiger charge is 2.35. The summed E-state index contributed by atoms with van der Waals surface area (Å²) in [5.41, 5.74) is 2.99. The van der Waals surface area contributed by atoms with Gasteiger partial charge in [-0.2, -0.15) is 5.10 Å². The maximum absolute atomic E-state index is 12.8. The molecule has 32 heavy (non-hydrogen) atoms. The number of nitrogens with one attached hydrogen (secondary N) is 1. The average molecular weight is 425 g/mol. The van der Waals surface area contributed by atoms with Gasteiger partial charge < -0.3 is 10.2 Å². The fraction of sp³-hybridized carbons (Fsp3) is 0.200. The Hall–Kier alpha value is -4.00. The summed E-state index contributed by atoms with van der Waals surface area (Å²) in [5, 5.41) is 9.20. The van der Waals surface area contributed by atoms with E-state index in [1.54, 1.807) is 15.9 Å². The summed E-state index contributed by atoms with van der Waals surface area (Å²) in [6, 6.07) is 21.9. The molecular formula is C25H23N5O2. The first-order valence-electron chi connectivity index (χ1n) is 10.6. The van der Waals surface area contributed by atoms with E-state index in [-0.39, 0.29) is 24.2 Å². The molecule has 7 nitrogen and oxygen atoms in total. The molecule has 1 fully saturated rings. The van der Waals surface area contributed by atoms with Crippen LogP contribution in [0, 0.1) is 5.92 Å². The SMILES string of the molecule is O=C(NCc1ccc(Cn2cncn2)cc1)C1CC(=O)N(c2cccc3ccccc23)C1. The van der Waals surface area contributed by atoms with E-state index in [0.717, 1.165) is 27.6 Å². The fourth-order valence-corrected chi connectivity index (χ4v) is 4.16. The minimum atomic E-state index is -0.354. The summed E-state index contributed by atoms with van der Waals surface area (Å²) in [5.74, 6) is -0.459. The zero-order valence-electron chi connectivity index (χ0n) is 17.5. The molecule has 2 heterocycles. The molecule has 5 rings (SSSR count). The van der Waals surface area contributed by atoms with Gasteiger partial charge in [-0.1, -0.05) is 60.7 Å². The molecule has 1 unspecified atom stereocenters. The van der Waals surface area contributed by atoms with Crippen LogP contribution in [0.15, 0.2) is 79.4 Å². The first kappa shape index (κ1) is 19.9. The van der Waals surface area contributed by atoms with Crippen LogP contribution in [0.1, 0.15) is 17.5 Å². The van der Waals surface area contributed by atoms with E-state index in [1.807, 2.05) is 66.7 Å². The molecule has 1 saturated heterocycles. The number of amides is 2. The highest BCUT2D eigenvalue weighted by atomic mass is 16.2. The first-order valence-corrected chi connectivity index (χ1v) is 10.6. The monoisotopic (exact) mass is 425 g/mol. The maximum Gasteiger partial charge on any atom is 0.227 e. The topological polar surface area (TPSA) is 80.1 Å². The number of carbonyl (C=O) groups excluding carboxylic acids is 2. The molecule has 1 atom stereocenters. The normalized spacial score (nSPS) is 15.9. The Morgan fingerprint density at radius 3 is 2.59 bits per heavy atom. The average Bonchev–Trinajstić information content (AvgIpc) is 3.47. The highest BCUT2D eigenvalue weighted by molar-refractivity contribution is 6.06. The van der Waals surface area contributed by atoms with E-state index >= 15 is 0 Å². The lowest BCUT2D eigenvalue weighted by molar-refractivity contribution is -0.126. The molecule has 3 aromatic carbocycles. The van der Waals surface area contributed by atoms with Crippen LogP contribution in [-0.4, -0.2) is 33.1 Å². The molecule has 1 N–H and O–H groups in total. The van der Waals surface area contributed by atoms with Crippen LogP contribution in [0.2, 0.25) is 0 Å². The second kappa shape index (κ2) is 8.63. The molecule has 0 bridgehead atoms. The Labute approximate surface area is 185 Å². The number of fused-ring (bicyclic) bond motifs is 1. The van der Waals surface area contributed by atoms with Gasteiger partial charge in [-0.15, -0.1) is 0 Å². The summed E-state index contributed by atoms with van der Waals surface area (Å²) in [6.07, 6.45) is 3.42. The predicted molar refractivity (Wildman–Crippen MR) is 122 cm³/mol. The van der Waals surface area contributed by atoms with E-state index < -0.39 is 0 Å². The van der Waals surface area contributed by atoms with Crippen LogP contribution in [0.25, 0.3) is 10.8 Å². The minimum absolute atomic E-state index is 0.0148. The van der Waals surface area contributed by atoms with Gasteiger partial charge in [0.2, 0.25) is 11.8 Å². The lowest BCUT2D eigenvalue weighted by atomic mass is 10.1. The predicted octanol–water partition coefficient (Wildman–Crippen LogP) is 3.15. The van der Waals surface area contributed by atoms with E-state index in [9.17, 15) is 9.59 Å². The fourth-order valence-electron chi connectivity index (χ4n) is 4.16. The summed E-state index contributed by atoms with van der Waals surface area (Å²) >= 11 is 0. The van der Waals surface area contributed by atoms with Crippen LogP contribution in [0.3, 0.4) is 0 Å². The van der Waals surface area contributed by atoms with Crippen molar-refractivity contribution < 1.29 is 9.59 Å². The third kappa shape index (κ3) is 4.09. The van der Waals surface area contributed by atoms with Gasteiger partial charge in [0.1, 0.15) is 12.7 Å². The van der Waals surface area contributed by atoms with Crippen molar-refractivity contribution in [1.82, 2.24) is 20.1 Å². The molecule has 1 aliphatic heterocycles. The van der Waals surface area contributed by atoms with Crippen molar-refractivity contribution >= 4 is 28.3 Å². The van der Waals surface area contributed by atoms with E-state index in [2.05, 4.69) is 15.4 Å². The molecule has 0 spiro atoms. The standard InChI is InChI=1S/C25H23N5O2/c31-24-12-21(15-30(24)23-7-3-5-20-4-1-2-6-22(20)23)25(32)27-13-18-8-10-19(11-9-18)14-29-17-26-16-28-29/h1-11,16-17,21H,12-15H2,(H,27,32). The van der Waals surface area contributed by atoms with Gasteiger partial charge in [-0.3, -0.25) is 9.59 Å². The number of hydrogen-bond donors (Lipinski definition) is 1. The summed E-state index contributed by atoms with van der Waals surface area (Å²) in [4.78, 5) is 31.2. The highest BCUT2D eigenvalue weighted by Crippen LogP contribution is 2.31. The smallest absolute Gasteiger partial charge is 0.227 e. The molecular weight excluding hydrogens is 402 g/mol. The van der Waals surface area contributed by atoms with Gasteiger partial charge in [-0.05, 0) is 22.6 Å². The van der Waals surface area contributed by atoms with Crippen LogP contribution < -0.4 is 10.2 Å². The number of benzene rings is 3. The largest absolute Gasteiger partial charge is 0.352 e. The van der Waals surface area contributed by atoms with Crippen molar-refractivity contribution in [2.75, 3.05) is 11.4 Å². The number of aromatic nitrogens is 3. The van der Waals surface area contributed by atoms with Crippen molar-refractivity contribution in [3.05, 3.63) is 90.5 Å². The van der Waals surface area contributed by atoms with Crippen molar-refractivity contribution in [2.24, 2.45) is 5.92 Å². The van der Waals surface area contributed by atoms with Gasteiger partial charge in [0.15, 0.2) is 0 Å². The molecule has 0 aliphatic carbocycles. The molecule has 160 valence electrons. The molecule has 7 heteroatoms. The molecule has 0 radical (unpaired) electrons. The van der Waals surface area contributed by atoms with Crippen LogP contribution in [0.5, 0.6) is 0 Å². The van der Waals surface area contributed by atoms with E-state index in [4.69, 9.17) is 0 Å². The Morgan fingerprint density at radius 2 is 1.78 bits per heavy atom. The maximum atomic E-state index is 12.8. The van der Waals surface area contributed by atoms with Crippen LogP contribution in [0.4, 0.5) is 5.69 Å².